The second-order valence-electron chi connectivity index (χ2n) is 8.05. The zero-order chi connectivity index (χ0) is 26.2. The minimum Gasteiger partial charge on any atom is -0.495 e. The van der Waals surface area contributed by atoms with E-state index in [2.05, 4.69) is 5.32 Å². The minimum atomic E-state index is -3.94. The standard InChI is InChI=1S/C24H31ClFN3O5S/c1-5-6-13-27-24(31)17(2)28(15-18-7-10-20(26)11-8-18)23(30)16-29(35(4,32)33)21-14-19(25)9-12-22(21)34-3/h7-12,14,17H,5-6,13,15-16H2,1-4H3,(H,27,31). The first kappa shape index (κ1) is 28.4. The van der Waals surface area contributed by atoms with E-state index in [-0.39, 0.29) is 28.9 Å². The van der Waals surface area contributed by atoms with Gasteiger partial charge in [-0.15, -0.1) is 0 Å². The van der Waals surface area contributed by atoms with E-state index in [1.54, 1.807) is 6.92 Å². The number of halogens is 2. The molecule has 2 amide bonds. The molecule has 0 heterocycles. The Hall–Kier alpha value is -2.85. The van der Waals surface area contributed by atoms with E-state index in [0.717, 1.165) is 23.4 Å². The van der Waals surface area contributed by atoms with Crippen molar-refractivity contribution in [1.82, 2.24) is 10.2 Å². The number of carbonyl (C=O) groups excluding carboxylic acids is 2. The predicted molar refractivity (Wildman–Crippen MR) is 135 cm³/mol. The third-order valence-electron chi connectivity index (χ3n) is 5.35. The Morgan fingerprint density at radius 2 is 1.83 bits per heavy atom. The van der Waals surface area contributed by atoms with Crippen molar-refractivity contribution < 1.29 is 27.1 Å². The molecule has 0 saturated carbocycles. The number of unbranched alkanes of at least 4 members (excludes halogenated alkanes) is 1. The number of hydrogen-bond donors (Lipinski definition) is 1. The van der Waals surface area contributed by atoms with Gasteiger partial charge in [0.2, 0.25) is 21.8 Å². The Labute approximate surface area is 211 Å². The molecule has 35 heavy (non-hydrogen) atoms. The molecule has 8 nitrogen and oxygen atoms in total. The van der Waals surface area contributed by atoms with Crippen LogP contribution in [0.2, 0.25) is 5.02 Å². The summed E-state index contributed by atoms with van der Waals surface area (Å²) in [4.78, 5) is 27.5. The smallest absolute Gasteiger partial charge is 0.244 e. The molecule has 0 spiro atoms. The number of benzene rings is 2. The van der Waals surface area contributed by atoms with Gasteiger partial charge in [-0.25, -0.2) is 12.8 Å². The molecule has 1 unspecified atom stereocenters. The molecular formula is C24H31ClFN3O5S. The summed E-state index contributed by atoms with van der Waals surface area (Å²) in [5, 5.41) is 3.05. The molecule has 0 aliphatic rings. The highest BCUT2D eigenvalue weighted by Crippen LogP contribution is 2.33. The van der Waals surface area contributed by atoms with Crippen molar-refractivity contribution in [2.75, 3.05) is 30.8 Å². The lowest BCUT2D eigenvalue weighted by Crippen LogP contribution is -2.51. The molecule has 2 aromatic carbocycles. The van der Waals surface area contributed by atoms with Crippen LogP contribution in [0.5, 0.6) is 5.75 Å². The lowest BCUT2D eigenvalue weighted by Gasteiger charge is -2.32. The Morgan fingerprint density at radius 3 is 2.40 bits per heavy atom. The SMILES string of the molecule is CCCCNC(=O)C(C)N(Cc1ccc(F)cc1)C(=O)CN(c1cc(Cl)ccc1OC)S(C)(=O)=O. The summed E-state index contributed by atoms with van der Waals surface area (Å²) in [6.07, 6.45) is 2.63. The second-order valence-corrected chi connectivity index (χ2v) is 10.4. The summed E-state index contributed by atoms with van der Waals surface area (Å²) in [5.74, 6) is -1.23. The molecule has 192 valence electrons. The fourth-order valence-corrected chi connectivity index (χ4v) is 4.37. The molecule has 2 aromatic rings. The summed E-state index contributed by atoms with van der Waals surface area (Å²) in [6.45, 7) is 3.39. The average Bonchev–Trinajstić information content (AvgIpc) is 2.80. The van der Waals surface area contributed by atoms with Gasteiger partial charge in [0.1, 0.15) is 24.2 Å². The van der Waals surface area contributed by atoms with Crippen molar-refractivity contribution >= 4 is 39.1 Å². The van der Waals surface area contributed by atoms with Crippen LogP contribution in [-0.2, 0) is 26.2 Å². The number of nitrogens with zero attached hydrogens (tertiary/aromatic N) is 2. The molecule has 11 heteroatoms. The second kappa shape index (κ2) is 12.7. The van der Waals surface area contributed by atoms with E-state index in [9.17, 15) is 22.4 Å². The van der Waals surface area contributed by atoms with Crippen LogP contribution in [-0.4, -0.2) is 57.6 Å². The first-order valence-electron chi connectivity index (χ1n) is 11.1. The lowest BCUT2D eigenvalue weighted by atomic mass is 10.1. The van der Waals surface area contributed by atoms with E-state index in [0.29, 0.717) is 12.1 Å². The monoisotopic (exact) mass is 527 g/mol. The van der Waals surface area contributed by atoms with Crippen LogP contribution in [0.3, 0.4) is 0 Å². The van der Waals surface area contributed by atoms with Crippen molar-refractivity contribution in [2.24, 2.45) is 0 Å². The molecule has 1 N–H and O–H groups in total. The minimum absolute atomic E-state index is 0.0221. The number of anilines is 1. The maximum atomic E-state index is 13.5. The molecule has 1 atom stereocenters. The molecule has 0 aliphatic carbocycles. The Morgan fingerprint density at radius 1 is 1.17 bits per heavy atom. The van der Waals surface area contributed by atoms with Gasteiger partial charge in [0, 0.05) is 18.1 Å². The number of carbonyl (C=O) groups is 2. The highest BCUT2D eigenvalue weighted by molar-refractivity contribution is 7.92. The summed E-state index contributed by atoms with van der Waals surface area (Å²) in [7, 11) is -2.57. The van der Waals surface area contributed by atoms with Crippen LogP contribution < -0.4 is 14.4 Å². The van der Waals surface area contributed by atoms with Crippen molar-refractivity contribution in [3.63, 3.8) is 0 Å². The summed E-state index contributed by atoms with van der Waals surface area (Å²) >= 11 is 6.08. The third kappa shape index (κ3) is 8.10. The van der Waals surface area contributed by atoms with Crippen LogP contribution in [0.25, 0.3) is 0 Å². The fourth-order valence-electron chi connectivity index (χ4n) is 3.36. The lowest BCUT2D eigenvalue weighted by molar-refractivity contribution is -0.139. The average molecular weight is 528 g/mol. The summed E-state index contributed by atoms with van der Waals surface area (Å²) in [6, 6.07) is 9.03. The molecule has 0 radical (unpaired) electrons. The van der Waals surface area contributed by atoms with Crippen LogP contribution >= 0.6 is 11.6 Å². The Balaban J connectivity index is 2.41. The van der Waals surface area contributed by atoms with Gasteiger partial charge in [-0.2, -0.15) is 0 Å². The molecule has 0 saturated heterocycles. The highest BCUT2D eigenvalue weighted by atomic mass is 35.5. The van der Waals surface area contributed by atoms with E-state index in [1.807, 2.05) is 6.92 Å². The maximum absolute atomic E-state index is 13.5. The topological polar surface area (TPSA) is 96.0 Å². The zero-order valence-electron chi connectivity index (χ0n) is 20.3. The third-order valence-corrected chi connectivity index (χ3v) is 6.71. The van der Waals surface area contributed by atoms with Crippen molar-refractivity contribution in [1.29, 1.82) is 0 Å². The quantitative estimate of drug-likeness (QED) is 0.426. The number of methoxy groups -OCH3 is 1. The van der Waals surface area contributed by atoms with E-state index < -0.39 is 34.3 Å². The predicted octanol–water partition coefficient (Wildman–Crippen LogP) is 3.59. The molecule has 2 rings (SSSR count). The van der Waals surface area contributed by atoms with Crippen LogP contribution in [0.1, 0.15) is 32.3 Å². The zero-order valence-corrected chi connectivity index (χ0v) is 21.8. The van der Waals surface area contributed by atoms with E-state index >= 15 is 0 Å². The van der Waals surface area contributed by atoms with E-state index in [4.69, 9.17) is 16.3 Å². The van der Waals surface area contributed by atoms with Crippen LogP contribution in [0.15, 0.2) is 42.5 Å². The van der Waals surface area contributed by atoms with Crippen molar-refractivity contribution in [3.8, 4) is 5.75 Å². The number of amides is 2. The first-order valence-corrected chi connectivity index (χ1v) is 13.3. The number of ether oxygens (including phenoxy) is 1. The Bertz CT molecular complexity index is 1130. The summed E-state index contributed by atoms with van der Waals surface area (Å²) in [5.41, 5.74) is 0.678. The van der Waals surface area contributed by atoms with Gasteiger partial charge in [0.05, 0.1) is 19.1 Å². The molecule has 0 aliphatic heterocycles. The molecule has 0 aromatic heterocycles. The maximum Gasteiger partial charge on any atom is 0.244 e. The van der Waals surface area contributed by atoms with Gasteiger partial charge < -0.3 is 15.0 Å². The van der Waals surface area contributed by atoms with Gasteiger partial charge in [-0.1, -0.05) is 37.1 Å². The van der Waals surface area contributed by atoms with Crippen LogP contribution in [0.4, 0.5) is 10.1 Å². The largest absolute Gasteiger partial charge is 0.495 e. The first-order chi connectivity index (χ1) is 16.5. The van der Waals surface area contributed by atoms with Crippen molar-refractivity contribution in [3.05, 3.63) is 58.9 Å². The number of hydrogen-bond acceptors (Lipinski definition) is 5. The number of nitrogens with one attached hydrogen (secondary N) is 1. The number of rotatable bonds is 12. The van der Waals surface area contributed by atoms with Gasteiger partial charge in [0.25, 0.3) is 0 Å². The van der Waals surface area contributed by atoms with Crippen LogP contribution in [0, 0.1) is 5.82 Å². The molecule has 0 bridgehead atoms. The van der Waals surface area contributed by atoms with Gasteiger partial charge in [0.15, 0.2) is 0 Å². The molecule has 0 fully saturated rings. The fraction of sp³-hybridized carbons (Fsp3) is 0.417. The Kier molecular flexibility index (Phi) is 10.3. The normalized spacial score (nSPS) is 12.1. The van der Waals surface area contributed by atoms with Crippen molar-refractivity contribution in [2.45, 2.75) is 39.3 Å². The van der Waals surface area contributed by atoms with Gasteiger partial charge in [-0.3, -0.25) is 13.9 Å². The number of sulfonamides is 1. The van der Waals surface area contributed by atoms with Gasteiger partial charge in [-0.05, 0) is 49.2 Å². The molecular weight excluding hydrogens is 497 g/mol. The van der Waals surface area contributed by atoms with Gasteiger partial charge >= 0.3 is 0 Å². The highest BCUT2D eigenvalue weighted by Gasteiger charge is 2.31. The van der Waals surface area contributed by atoms with E-state index in [1.165, 1.54) is 54.5 Å². The summed E-state index contributed by atoms with van der Waals surface area (Å²) < 4.78 is 44.9.